The molecule has 21 heavy (non-hydrogen) atoms. The van der Waals surface area contributed by atoms with Crippen molar-refractivity contribution in [3.8, 4) is 6.07 Å². The number of rotatable bonds is 2. The van der Waals surface area contributed by atoms with Gasteiger partial charge in [0, 0.05) is 23.6 Å². The molecule has 4 rings (SSSR count). The standard InChI is InChI=1S/C18H20N2O/c19-12-14-3-4-17-15(11-14)6-10-20(17)13-16-5-9-18(21-16)7-1-2-8-18/h3-4,6,10-11,16H,1-2,5,7-9,13H2. The highest BCUT2D eigenvalue weighted by Gasteiger charge is 2.42. The van der Waals surface area contributed by atoms with Crippen LogP contribution in [0.25, 0.3) is 10.9 Å². The second-order valence-corrected chi connectivity index (χ2v) is 6.52. The molecular weight excluding hydrogens is 260 g/mol. The molecule has 1 atom stereocenters. The van der Waals surface area contributed by atoms with E-state index in [4.69, 9.17) is 10.00 Å². The van der Waals surface area contributed by atoms with Crippen molar-refractivity contribution in [1.29, 1.82) is 5.26 Å². The van der Waals surface area contributed by atoms with Crippen LogP contribution in [-0.2, 0) is 11.3 Å². The predicted octanol–water partition coefficient (Wildman–Crippen LogP) is 4.00. The largest absolute Gasteiger partial charge is 0.370 e. The molecule has 1 saturated carbocycles. The fourth-order valence-electron chi connectivity index (χ4n) is 4.06. The molecule has 0 amide bonds. The molecule has 2 heterocycles. The second-order valence-electron chi connectivity index (χ2n) is 6.52. The van der Waals surface area contributed by atoms with E-state index in [1.165, 1.54) is 44.0 Å². The van der Waals surface area contributed by atoms with E-state index in [0.29, 0.717) is 6.10 Å². The van der Waals surface area contributed by atoms with Crippen molar-refractivity contribution in [2.45, 2.75) is 56.8 Å². The van der Waals surface area contributed by atoms with Gasteiger partial charge in [-0.1, -0.05) is 12.8 Å². The summed E-state index contributed by atoms with van der Waals surface area (Å²) >= 11 is 0. The first kappa shape index (κ1) is 12.9. The van der Waals surface area contributed by atoms with Gasteiger partial charge in [-0.2, -0.15) is 5.26 Å². The maximum absolute atomic E-state index is 8.97. The molecule has 3 nitrogen and oxygen atoms in total. The maximum atomic E-state index is 8.97. The molecule has 1 aliphatic carbocycles. The highest BCUT2D eigenvalue weighted by atomic mass is 16.5. The summed E-state index contributed by atoms with van der Waals surface area (Å²) in [4.78, 5) is 0. The second kappa shape index (κ2) is 4.89. The molecular formula is C18H20N2O. The number of benzene rings is 1. The number of hydrogen-bond donors (Lipinski definition) is 0. The summed E-state index contributed by atoms with van der Waals surface area (Å²) in [6.07, 6.45) is 10.0. The topological polar surface area (TPSA) is 38.0 Å². The van der Waals surface area contributed by atoms with E-state index in [1.807, 2.05) is 18.2 Å². The molecule has 108 valence electrons. The van der Waals surface area contributed by atoms with Gasteiger partial charge in [0.25, 0.3) is 0 Å². The lowest BCUT2D eigenvalue weighted by Gasteiger charge is -2.24. The number of aromatic nitrogens is 1. The first-order valence-electron chi connectivity index (χ1n) is 7.95. The van der Waals surface area contributed by atoms with Crippen LogP contribution in [-0.4, -0.2) is 16.3 Å². The van der Waals surface area contributed by atoms with Gasteiger partial charge in [-0.3, -0.25) is 0 Å². The van der Waals surface area contributed by atoms with Crippen molar-refractivity contribution < 1.29 is 4.74 Å². The number of hydrogen-bond acceptors (Lipinski definition) is 2. The van der Waals surface area contributed by atoms with Gasteiger partial charge in [0.2, 0.25) is 0 Å². The van der Waals surface area contributed by atoms with E-state index >= 15 is 0 Å². The summed E-state index contributed by atoms with van der Waals surface area (Å²) in [6, 6.07) is 10.2. The van der Waals surface area contributed by atoms with Crippen LogP contribution in [0.5, 0.6) is 0 Å². The Labute approximate surface area is 125 Å². The lowest BCUT2D eigenvalue weighted by molar-refractivity contribution is -0.0414. The Bertz CT molecular complexity index is 704. The molecule has 2 aliphatic rings. The predicted molar refractivity (Wildman–Crippen MR) is 82.0 cm³/mol. The Balaban J connectivity index is 1.54. The molecule has 1 aliphatic heterocycles. The van der Waals surface area contributed by atoms with Crippen LogP contribution in [0.2, 0.25) is 0 Å². The molecule has 1 spiro atoms. The van der Waals surface area contributed by atoms with Gasteiger partial charge in [0.15, 0.2) is 0 Å². The van der Waals surface area contributed by atoms with Gasteiger partial charge in [-0.25, -0.2) is 0 Å². The minimum atomic E-state index is 0.210. The van der Waals surface area contributed by atoms with Gasteiger partial charge in [-0.15, -0.1) is 0 Å². The summed E-state index contributed by atoms with van der Waals surface area (Å²) < 4.78 is 8.68. The van der Waals surface area contributed by atoms with Crippen LogP contribution in [0, 0.1) is 11.3 Å². The highest BCUT2D eigenvalue weighted by Crippen LogP contribution is 2.43. The zero-order chi connectivity index (χ0) is 14.3. The molecule has 1 unspecified atom stereocenters. The van der Waals surface area contributed by atoms with Crippen LogP contribution in [0.1, 0.15) is 44.1 Å². The summed E-state index contributed by atoms with van der Waals surface area (Å²) in [6.45, 7) is 0.928. The highest BCUT2D eigenvalue weighted by molar-refractivity contribution is 5.81. The fraction of sp³-hybridized carbons (Fsp3) is 0.500. The lowest BCUT2D eigenvalue weighted by Crippen LogP contribution is -2.26. The smallest absolute Gasteiger partial charge is 0.0991 e. The minimum absolute atomic E-state index is 0.210. The van der Waals surface area contributed by atoms with Crippen LogP contribution in [0.15, 0.2) is 30.5 Å². The van der Waals surface area contributed by atoms with Gasteiger partial charge >= 0.3 is 0 Å². The van der Waals surface area contributed by atoms with E-state index in [1.54, 1.807) is 0 Å². The van der Waals surface area contributed by atoms with Crippen molar-refractivity contribution in [2.24, 2.45) is 0 Å². The zero-order valence-electron chi connectivity index (χ0n) is 12.2. The number of nitrogens with zero attached hydrogens (tertiary/aromatic N) is 2. The molecule has 1 aromatic carbocycles. The molecule has 2 aromatic rings. The van der Waals surface area contributed by atoms with Gasteiger partial charge in [-0.05, 0) is 49.9 Å². The molecule has 3 heteroatoms. The zero-order valence-corrected chi connectivity index (χ0v) is 12.2. The van der Waals surface area contributed by atoms with Gasteiger partial charge in [0.05, 0.1) is 23.3 Å². The Morgan fingerprint density at radius 3 is 2.90 bits per heavy atom. The van der Waals surface area contributed by atoms with Gasteiger partial charge in [0.1, 0.15) is 0 Å². The van der Waals surface area contributed by atoms with Crippen LogP contribution in [0.4, 0.5) is 0 Å². The lowest BCUT2D eigenvalue weighted by atomic mass is 9.98. The summed E-state index contributed by atoms with van der Waals surface area (Å²) in [7, 11) is 0. The number of fused-ring (bicyclic) bond motifs is 1. The van der Waals surface area contributed by atoms with E-state index in [-0.39, 0.29) is 5.60 Å². The first-order chi connectivity index (χ1) is 10.3. The number of nitriles is 1. The van der Waals surface area contributed by atoms with Crippen LogP contribution in [0.3, 0.4) is 0 Å². The molecule has 0 bridgehead atoms. The summed E-state index contributed by atoms with van der Waals surface area (Å²) in [5.74, 6) is 0. The first-order valence-corrected chi connectivity index (χ1v) is 7.95. The van der Waals surface area contributed by atoms with Crippen molar-refractivity contribution in [2.75, 3.05) is 0 Å². The van der Waals surface area contributed by atoms with E-state index in [0.717, 1.165) is 17.5 Å². The van der Waals surface area contributed by atoms with Crippen LogP contribution >= 0.6 is 0 Å². The molecule has 2 fully saturated rings. The Morgan fingerprint density at radius 2 is 2.10 bits per heavy atom. The van der Waals surface area contributed by atoms with Crippen LogP contribution < -0.4 is 0 Å². The van der Waals surface area contributed by atoms with Crippen molar-refractivity contribution >= 4 is 10.9 Å². The third kappa shape index (κ3) is 2.24. The van der Waals surface area contributed by atoms with E-state index < -0.39 is 0 Å². The third-order valence-corrected chi connectivity index (χ3v) is 5.15. The van der Waals surface area contributed by atoms with Crippen molar-refractivity contribution in [3.63, 3.8) is 0 Å². The summed E-state index contributed by atoms with van der Waals surface area (Å²) in [5.41, 5.74) is 2.13. The average Bonchev–Trinajstić information content (AvgIpc) is 3.22. The third-order valence-electron chi connectivity index (χ3n) is 5.15. The Hall–Kier alpha value is -1.79. The van der Waals surface area contributed by atoms with Gasteiger partial charge < -0.3 is 9.30 Å². The average molecular weight is 280 g/mol. The monoisotopic (exact) mass is 280 g/mol. The molecule has 1 saturated heterocycles. The normalized spacial score (nSPS) is 23.9. The SMILES string of the molecule is N#Cc1ccc2c(ccn2CC2CCC3(CCCC3)O2)c1. The maximum Gasteiger partial charge on any atom is 0.0991 e. The summed E-state index contributed by atoms with van der Waals surface area (Å²) in [5, 5.41) is 10.1. The Morgan fingerprint density at radius 1 is 1.24 bits per heavy atom. The van der Waals surface area contributed by atoms with Crippen molar-refractivity contribution in [3.05, 3.63) is 36.0 Å². The van der Waals surface area contributed by atoms with E-state index in [9.17, 15) is 0 Å². The fourth-order valence-corrected chi connectivity index (χ4v) is 4.06. The molecule has 0 N–H and O–H groups in total. The minimum Gasteiger partial charge on any atom is -0.370 e. The van der Waals surface area contributed by atoms with E-state index in [2.05, 4.69) is 22.9 Å². The quantitative estimate of drug-likeness (QED) is 0.833. The Kier molecular flexibility index (Phi) is 3.01. The van der Waals surface area contributed by atoms with Crippen molar-refractivity contribution in [1.82, 2.24) is 4.57 Å². The molecule has 0 radical (unpaired) electrons. The number of ether oxygens (including phenoxy) is 1. The molecule has 1 aromatic heterocycles.